The maximum Gasteiger partial charge on any atom is 0.135 e. The molecule has 1 aromatic heterocycles. The number of hydrogen-bond acceptors (Lipinski definition) is 3. The standard InChI is InChI=1S/C22H21F2N3O/c23-18-7-5-16(6-8-18)20-11-25-21-13-28-22(15-27(20)21)9-10-26(14-22)12-17-3-1-2-4-19(17)24/h1-8,11H,9-10,12-15H2. The lowest BCUT2D eigenvalue weighted by atomic mass is 10.0. The van der Waals surface area contributed by atoms with E-state index in [9.17, 15) is 8.78 Å². The van der Waals surface area contributed by atoms with Gasteiger partial charge in [-0.25, -0.2) is 13.8 Å². The van der Waals surface area contributed by atoms with Gasteiger partial charge in [-0.2, -0.15) is 0 Å². The number of nitrogens with zero attached hydrogens (tertiary/aromatic N) is 3. The predicted molar refractivity (Wildman–Crippen MR) is 101 cm³/mol. The maximum atomic E-state index is 14.0. The van der Waals surface area contributed by atoms with Crippen LogP contribution in [0.3, 0.4) is 0 Å². The van der Waals surface area contributed by atoms with E-state index in [0.29, 0.717) is 25.3 Å². The molecule has 1 fully saturated rings. The van der Waals surface area contributed by atoms with Gasteiger partial charge in [0.15, 0.2) is 0 Å². The van der Waals surface area contributed by atoms with E-state index in [0.717, 1.165) is 36.6 Å². The van der Waals surface area contributed by atoms with Crippen LogP contribution in [0, 0.1) is 11.6 Å². The number of imidazole rings is 1. The highest BCUT2D eigenvalue weighted by Gasteiger charge is 2.43. The second-order valence-electron chi connectivity index (χ2n) is 7.68. The van der Waals surface area contributed by atoms with Crippen molar-refractivity contribution in [2.75, 3.05) is 13.1 Å². The van der Waals surface area contributed by atoms with E-state index in [1.165, 1.54) is 18.2 Å². The Bertz CT molecular complexity index is 1000. The van der Waals surface area contributed by atoms with Crippen LogP contribution in [0.5, 0.6) is 0 Å². The summed E-state index contributed by atoms with van der Waals surface area (Å²) in [7, 11) is 0. The van der Waals surface area contributed by atoms with E-state index in [1.807, 2.05) is 18.3 Å². The van der Waals surface area contributed by atoms with Crippen molar-refractivity contribution in [1.29, 1.82) is 0 Å². The summed E-state index contributed by atoms with van der Waals surface area (Å²) in [4.78, 5) is 6.74. The number of rotatable bonds is 3. The van der Waals surface area contributed by atoms with E-state index in [1.54, 1.807) is 18.2 Å². The molecule has 2 aromatic carbocycles. The minimum atomic E-state index is -0.298. The van der Waals surface area contributed by atoms with Gasteiger partial charge in [0.05, 0.1) is 18.4 Å². The number of hydrogen-bond donors (Lipinski definition) is 0. The first-order valence-corrected chi connectivity index (χ1v) is 9.52. The molecule has 2 aliphatic heterocycles. The van der Waals surface area contributed by atoms with Crippen molar-refractivity contribution < 1.29 is 13.5 Å². The third kappa shape index (κ3) is 3.12. The molecular weight excluding hydrogens is 360 g/mol. The van der Waals surface area contributed by atoms with Crippen LogP contribution in [0.1, 0.15) is 17.8 Å². The number of halogens is 2. The number of ether oxygens (including phenoxy) is 1. The molecule has 1 atom stereocenters. The quantitative estimate of drug-likeness (QED) is 0.687. The Balaban J connectivity index is 1.36. The Labute approximate surface area is 162 Å². The smallest absolute Gasteiger partial charge is 0.135 e. The summed E-state index contributed by atoms with van der Waals surface area (Å²) in [5, 5.41) is 0. The van der Waals surface area contributed by atoms with Gasteiger partial charge in [0, 0.05) is 25.2 Å². The van der Waals surface area contributed by atoms with Crippen molar-refractivity contribution in [3.05, 3.63) is 77.8 Å². The predicted octanol–water partition coefficient (Wildman–Crippen LogP) is 4.00. The maximum absolute atomic E-state index is 14.0. The normalized spacial score (nSPS) is 21.9. The first kappa shape index (κ1) is 17.5. The van der Waals surface area contributed by atoms with Crippen molar-refractivity contribution in [1.82, 2.24) is 14.5 Å². The molecule has 6 heteroatoms. The molecule has 2 aliphatic rings. The zero-order valence-corrected chi connectivity index (χ0v) is 15.4. The average Bonchev–Trinajstić information content (AvgIpc) is 3.29. The van der Waals surface area contributed by atoms with Crippen LogP contribution < -0.4 is 0 Å². The van der Waals surface area contributed by atoms with Gasteiger partial charge in [0.25, 0.3) is 0 Å². The third-order valence-electron chi connectivity index (χ3n) is 5.78. The van der Waals surface area contributed by atoms with Crippen molar-refractivity contribution in [2.24, 2.45) is 0 Å². The highest BCUT2D eigenvalue weighted by atomic mass is 19.1. The Kier molecular flexibility index (Phi) is 4.25. The van der Waals surface area contributed by atoms with E-state index in [-0.39, 0.29) is 17.2 Å². The van der Waals surface area contributed by atoms with Gasteiger partial charge in [-0.1, -0.05) is 18.2 Å². The number of likely N-dealkylation sites (tertiary alicyclic amines) is 1. The molecule has 0 amide bonds. The highest BCUT2D eigenvalue weighted by molar-refractivity contribution is 5.59. The van der Waals surface area contributed by atoms with Crippen LogP contribution in [0.15, 0.2) is 54.7 Å². The van der Waals surface area contributed by atoms with Gasteiger partial charge in [0.2, 0.25) is 0 Å². The topological polar surface area (TPSA) is 30.3 Å². The van der Waals surface area contributed by atoms with Gasteiger partial charge >= 0.3 is 0 Å². The second kappa shape index (κ2) is 6.79. The first-order valence-electron chi connectivity index (χ1n) is 9.52. The molecule has 0 saturated carbocycles. The SMILES string of the molecule is Fc1ccc(-c2cnc3n2CC2(CCN(Cc4ccccc4F)C2)OC3)cc1. The summed E-state index contributed by atoms with van der Waals surface area (Å²) < 4.78 is 35.7. The van der Waals surface area contributed by atoms with Crippen molar-refractivity contribution in [2.45, 2.75) is 31.7 Å². The molecule has 1 unspecified atom stereocenters. The molecule has 0 aliphatic carbocycles. The highest BCUT2D eigenvalue weighted by Crippen LogP contribution is 2.35. The van der Waals surface area contributed by atoms with Gasteiger partial charge in [0.1, 0.15) is 29.7 Å². The lowest BCUT2D eigenvalue weighted by Gasteiger charge is -2.35. The zero-order valence-electron chi connectivity index (χ0n) is 15.4. The molecule has 3 aromatic rings. The minimum Gasteiger partial charge on any atom is -0.364 e. The molecule has 3 heterocycles. The summed E-state index contributed by atoms with van der Waals surface area (Å²) >= 11 is 0. The lowest BCUT2D eigenvalue weighted by molar-refractivity contribution is -0.0821. The van der Waals surface area contributed by atoms with E-state index < -0.39 is 0 Å². The summed E-state index contributed by atoms with van der Waals surface area (Å²) in [5.74, 6) is 0.475. The van der Waals surface area contributed by atoms with Crippen LogP contribution in [0.4, 0.5) is 8.78 Å². The molecule has 1 saturated heterocycles. The summed E-state index contributed by atoms with van der Waals surface area (Å²) in [6.45, 7) is 3.35. The van der Waals surface area contributed by atoms with E-state index in [2.05, 4.69) is 14.5 Å². The Morgan fingerprint density at radius 2 is 1.86 bits per heavy atom. The van der Waals surface area contributed by atoms with Crippen molar-refractivity contribution in [3.8, 4) is 11.3 Å². The Hall–Kier alpha value is -2.57. The fourth-order valence-corrected chi connectivity index (χ4v) is 4.29. The fraction of sp³-hybridized carbons (Fsp3) is 0.318. The summed E-state index contributed by atoms with van der Waals surface area (Å²) in [6, 6.07) is 13.4. The van der Waals surface area contributed by atoms with Gasteiger partial charge in [-0.05, 0) is 42.3 Å². The Morgan fingerprint density at radius 1 is 1.04 bits per heavy atom. The number of benzene rings is 2. The molecule has 28 heavy (non-hydrogen) atoms. The number of fused-ring (bicyclic) bond motifs is 1. The van der Waals surface area contributed by atoms with Gasteiger partial charge < -0.3 is 9.30 Å². The minimum absolute atomic E-state index is 0.163. The van der Waals surface area contributed by atoms with Crippen LogP contribution in [0.2, 0.25) is 0 Å². The monoisotopic (exact) mass is 381 g/mol. The summed E-state index contributed by atoms with van der Waals surface area (Å²) in [6.07, 6.45) is 2.72. The van der Waals surface area contributed by atoms with Crippen LogP contribution in [0.25, 0.3) is 11.3 Å². The van der Waals surface area contributed by atoms with Crippen molar-refractivity contribution >= 4 is 0 Å². The largest absolute Gasteiger partial charge is 0.364 e. The second-order valence-corrected chi connectivity index (χ2v) is 7.68. The van der Waals surface area contributed by atoms with Gasteiger partial charge in [-0.3, -0.25) is 4.90 Å². The first-order chi connectivity index (χ1) is 13.6. The molecule has 5 rings (SSSR count). The number of aromatic nitrogens is 2. The Morgan fingerprint density at radius 3 is 2.68 bits per heavy atom. The van der Waals surface area contributed by atoms with Crippen LogP contribution in [-0.4, -0.2) is 33.1 Å². The average molecular weight is 381 g/mol. The lowest BCUT2D eigenvalue weighted by Crippen LogP contribution is -2.44. The zero-order chi connectivity index (χ0) is 19.1. The van der Waals surface area contributed by atoms with E-state index >= 15 is 0 Å². The fourth-order valence-electron chi connectivity index (χ4n) is 4.29. The molecular formula is C22H21F2N3O. The van der Waals surface area contributed by atoms with Crippen molar-refractivity contribution in [3.63, 3.8) is 0 Å². The summed E-state index contributed by atoms with van der Waals surface area (Å²) in [5.41, 5.74) is 2.34. The molecule has 4 nitrogen and oxygen atoms in total. The molecule has 144 valence electrons. The van der Waals surface area contributed by atoms with E-state index in [4.69, 9.17) is 4.74 Å². The van der Waals surface area contributed by atoms with Crippen LogP contribution in [-0.2, 0) is 24.4 Å². The van der Waals surface area contributed by atoms with Crippen LogP contribution >= 0.6 is 0 Å². The van der Waals surface area contributed by atoms with Gasteiger partial charge in [-0.15, -0.1) is 0 Å². The molecule has 0 radical (unpaired) electrons. The molecule has 1 spiro atoms. The molecule has 0 bridgehead atoms. The molecule has 0 N–H and O–H groups in total. The third-order valence-corrected chi connectivity index (χ3v) is 5.78.